The molecule has 3 rings (SSSR count). The van der Waals surface area contributed by atoms with E-state index < -0.39 is 6.10 Å². The maximum atomic E-state index is 12.4. The number of amides is 1. The number of anilines is 2. The monoisotopic (exact) mass is 398 g/mol. The molecular weight excluding hydrogens is 368 g/mol. The van der Waals surface area contributed by atoms with Gasteiger partial charge in [0.1, 0.15) is 5.82 Å². The van der Waals surface area contributed by atoms with Gasteiger partial charge >= 0.3 is 0 Å². The minimum atomic E-state index is -0.448. The van der Waals surface area contributed by atoms with E-state index in [1.54, 1.807) is 6.20 Å². The summed E-state index contributed by atoms with van der Waals surface area (Å²) in [6, 6.07) is 11.3. The number of aromatic nitrogens is 1. The Morgan fingerprint density at radius 2 is 1.97 bits per heavy atom. The van der Waals surface area contributed by atoms with Crippen molar-refractivity contribution < 1.29 is 14.6 Å². The minimum absolute atomic E-state index is 0.128. The summed E-state index contributed by atoms with van der Waals surface area (Å²) in [4.78, 5) is 21.4. The SMILES string of the molecule is CCOCC(O)CN1CCN(c2ccc(NC(=O)c3ccccc3C)cn2)CC1. The molecule has 0 saturated carbocycles. The van der Waals surface area contributed by atoms with Crippen molar-refractivity contribution in [1.29, 1.82) is 0 Å². The fourth-order valence-corrected chi connectivity index (χ4v) is 3.44. The predicted molar refractivity (Wildman–Crippen MR) is 115 cm³/mol. The maximum absolute atomic E-state index is 12.4. The topological polar surface area (TPSA) is 77.9 Å². The summed E-state index contributed by atoms with van der Waals surface area (Å²) < 4.78 is 5.27. The molecule has 0 spiro atoms. The van der Waals surface area contributed by atoms with Crippen LogP contribution in [0.1, 0.15) is 22.8 Å². The van der Waals surface area contributed by atoms with E-state index in [1.165, 1.54) is 0 Å². The molecule has 29 heavy (non-hydrogen) atoms. The van der Waals surface area contributed by atoms with Crippen molar-refractivity contribution >= 4 is 17.4 Å². The maximum Gasteiger partial charge on any atom is 0.255 e. The number of carbonyl (C=O) groups excluding carboxylic acids is 1. The Hall–Kier alpha value is -2.48. The molecule has 2 N–H and O–H groups in total. The van der Waals surface area contributed by atoms with Crippen LogP contribution < -0.4 is 10.2 Å². The smallest absolute Gasteiger partial charge is 0.255 e. The third-order valence-corrected chi connectivity index (χ3v) is 5.08. The van der Waals surface area contributed by atoms with E-state index in [9.17, 15) is 9.90 Å². The number of nitrogens with one attached hydrogen (secondary N) is 1. The Morgan fingerprint density at radius 1 is 1.21 bits per heavy atom. The highest BCUT2D eigenvalue weighted by Gasteiger charge is 2.20. The fourth-order valence-electron chi connectivity index (χ4n) is 3.44. The molecule has 2 heterocycles. The van der Waals surface area contributed by atoms with E-state index in [0.29, 0.717) is 31.0 Å². The number of carbonyl (C=O) groups is 1. The second-order valence-corrected chi connectivity index (χ2v) is 7.28. The van der Waals surface area contributed by atoms with Gasteiger partial charge in [0.25, 0.3) is 5.91 Å². The van der Waals surface area contributed by atoms with Gasteiger partial charge in [-0.1, -0.05) is 18.2 Å². The summed E-state index contributed by atoms with van der Waals surface area (Å²) in [6.45, 7) is 8.93. The first-order valence-corrected chi connectivity index (χ1v) is 10.1. The summed E-state index contributed by atoms with van der Waals surface area (Å²) in [5.74, 6) is 0.769. The van der Waals surface area contributed by atoms with Crippen LogP contribution in [0.4, 0.5) is 11.5 Å². The van der Waals surface area contributed by atoms with Crippen molar-refractivity contribution in [3.63, 3.8) is 0 Å². The highest BCUT2D eigenvalue weighted by atomic mass is 16.5. The second kappa shape index (κ2) is 10.3. The Labute approximate surface area is 172 Å². The molecule has 2 aromatic rings. The zero-order valence-electron chi connectivity index (χ0n) is 17.2. The van der Waals surface area contributed by atoms with E-state index in [-0.39, 0.29) is 5.91 Å². The molecule has 7 nitrogen and oxygen atoms in total. The van der Waals surface area contributed by atoms with Gasteiger partial charge in [0.05, 0.1) is 24.6 Å². The third kappa shape index (κ3) is 6.00. The van der Waals surface area contributed by atoms with Crippen molar-refractivity contribution in [1.82, 2.24) is 9.88 Å². The van der Waals surface area contributed by atoms with Crippen LogP contribution in [0, 0.1) is 6.92 Å². The number of aryl methyl sites for hydroxylation is 1. The van der Waals surface area contributed by atoms with Gasteiger partial charge in [-0.3, -0.25) is 9.69 Å². The summed E-state index contributed by atoms with van der Waals surface area (Å²) in [7, 11) is 0. The van der Waals surface area contributed by atoms with Crippen LogP contribution >= 0.6 is 0 Å². The van der Waals surface area contributed by atoms with Gasteiger partial charge in [-0.05, 0) is 37.6 Å². The normalized spacial score (nSPS) is 15.9. The first-order chi connectivity index (χ1) is 14.1. The van der Waals surface area contributed by atoms with Crippen LogP contribution in [0.5, 0.6) is 0 Å². The van der Waals surface area contributed by atoms with Gasteiger partial charge in [-0.25, -0.2) is 4.98 Å². The van der Waals surface area contributed by atoms with Crippen LogP contribution in [0.15, 0.2) is 42.6 Å². The first kappa shape index (κ1) is 21.2. The number of rotatable bonds is 8. The number of hydrogen-bond donors (Lipinski definition) is 2. The molecule has 0 bridgehead atoms. The van der Waals surface area contributed by atoms with Crippen molar-refractivity contribution in [2.75, 3.05) is 56.2 Å². The number of hydrogen-bond acceptors (Lipinski definition) is 6. The second-order valence-electron chi connectivity index (χ2n) is 7.28. The average molecular weight is 399 g/mol. The summed E-state index contributed by atoms with van der Waals surface area (Å²) in [5.41, 5.74) is 2.29. The molecule has 156 valence electrons. The van der Waals surface area contributed by atoms with Crippen molar-refractivity contribution in [3.8, 4) is 0 Å². The molecule has 1 aliphatic rings. The fraction of sp³-hybridized carbons (Fsp3) is 0.455. The lowest BCUT2D eigenvalue weighted by atomic mass is 10.1. The number of ether oxygens (including phenoxy) is 1. The molecule has 0 radical (unpaired) electrons. The van der Waals surface area contributed by atoms with Gasteiger partial charge in [-0.2, -0.15) is 0 Å². The van der Waals surface area contributed by atoms with E-state index in [4.69, 9.17) is 4.74 Å². The quantitative estimate of drug-likeness (QED) is 0.710. The zero-order chi connectivity index (χ0) is 20.6. The van der Waals surface area contributed by atoms with Gasteiger partial charge in [0.15, 0.2) is 0 Å². The highest BCUT2D eigenvalue weighted by molar-refractivity contribution is 6.05. The molecule has 1 unspecified atom stereocenters. The Morgan fingerprint density at radius 3 is 2.62 bits per heavy atom. The molecule has 1 aliphatic heterocycles. The van der Waals surface area contributed by atoms with E-state index in [1.807, 2.05) is 50.2 Å². The van der Waals surface area contributed by atoms with Crippen molar-refractivity contribution in [3.05, 3.63) is 53.7 Å². The zero-order valence-corrected chi connectivity index (χ0v) is 17.2. The third-order valence-electron chi connectivity index (χ3n) is 5.08. The number of pyridine rings is 1. The summed E-state index contributed by atoms with van der Waals surface area (Å²) in [5, 5.41) is 12.9. The molecule has 0 aliphatic carbocycles. The lowest BCUT2D eigenvalue weighted by Crippen LogP contribution is -2.49. The Kier molecular flexibility index (Phi) is 7.57. The number of β-amino-alcohol motifs (C(OH)–C–C–N with tert-alkyl or cyclic N) is 1. The molecule has 7 heteroatoms. The molecular formula is C22H30N4O3. The van der Waals surface area contributed by atoms with E-state index in [0.717, 1.165) is 37.6 Å². The molecule has 1 atom stereocenters. The average Bonchev–Trinajstić information content (AvgIpc) is 2.73. The largest absolute Gasteiger partial charge is 0.389 e. The Bertz CT molecular complexity index is 789. The van der Waals surface area contributed by atoms with E-state index >= 15 is 0 Å². The highest BCUT2D eigenvalue weighted by Crippen LogP contribution is 2.17. The lowest BCUT2D eigenvalue weighted by molar-refractivity contribution is 0.0202. The number of piperazine rings is 1. The number of aliphatic hydroxyl groups is 1. The molecule has 1 aromatic carbocycles. The number of benzene rings is 1. The molecule has 1 aromatic heterocycles. The Balaban J connectivity index is 1.50. The minimum Gasteiger partial charge on any atom is -0.389 e. The van der Waals surface area contributed by atoms with Gasteiger partial charge < -0.3 is 20.1 Å². The van der Waals surface area contributed by atoms with Crippen LogP contribution in [0.2, 0.25) is 0 Å². The van der Waals surface area contributed by atoms with Crippen LogP contribution in [0.25, 0.3) is 0 Å². The van der Waals surface area contributed by atoms with Gasteiger partial charge in [0.2, 0.25) is 0 Å². The lowest BCUT2D eigenvalue weighted by Gasteiger charge is -2.36. The predicted octanol–water partition coefficient (Wildman–Crippen LogP) is 2.16. The van der Waals surface area contributed by atoms with Crippen molar-refractivity contribution in [2.24, 2.45) is 0 Å². The summed E-state index contributed by atoms with van der Waals surface area (Å²) >= 11 is 0. The molecule has 1 amide bonds. The standard InChI is InChI=1S/C22H30N4O3/c1-3-29-16-19(27)15-25-10-12-26(13-11-25)21-9-8-18(14-23-21)24-22(28)20-7-5-4-6-17(20)2/h4-9,14,19,27H,3,10-13,15-16H2,1-2H3,(H,24,28). The molecule has 1 fully saturated rings. The first-order valence-electron chi connectivity index (χ1n) is 10.1. The number of nitrogens with zero attached hydrogens (tertiary/aromatic N) is 3. The van der Waals surface area contributed by atoms with Gasteiger partial charge in [0, 0.05) is 44.9 Å². The van der Waals surface area contributed by atoms with Crippen LogP contribution in [0.3, 0.4) is 0 Å². The van der Waals surface area contributed by atoms with Crippen LogP contribution in [-0.4, -0.2) is 72.9 Å². The van der Waals surface area contributed by atoms with Gasteiger partial charge in [-0.15, -0.1) is 0 Å². The number of aliphatic hydroxyl groups excluding tert-OH is 1. The molecule has 1 saturated heterocycles. The van der Waals surface area contributed by atoms with Crippen molar-refractivity contribution in [2.45, 2.75) is 20.0 Å². The van der Waals surface area contributed by atoms with E-state index in [2.05, 4.69) is 20.1 Å². The van der Waals surface area contributed by atoms with Crippen LogP contribution in [-0.2, 0) is 4.74 Å². The summed E-state index contributed by atoms with van der Waals surface area (Å²) in [6.07, 6.45) is 1.25.